The van der Waals surface area contributed by atoms with Crippen molar-refractivity contribution in [1.82, 2.24) is 9.80 Å². The summed E-state index contributed by atoms with van der Waals surface area (Å²) in [5.41, 5.74) is 8.09. The van der Waals surface area contributed by atoms with Gasteiger partial charge in [-0.1, -0.05) is 74.2 Å². The summed E-state index contributed by atoms with van der Waals surface area (Å²) in [6, 6.07) is 21.7. The van der Waals surface area contributed by atoms with E-state index >= 15 is 0 Å². The van der Waals surface area contributed by atoms with Gasteiger partial charge in [-0.05, 0) is 56.3 Å². The van der Waals surface area contributed by atoms with Crippen molar-refractivity contribution in [2.45, 2.75) is 68.9 Å². The quantitative estimate of drug-likeness (QED) is 0.634. The molecule has 1 aliphatic carbocycles. The topological polar surface area (TPSA) is 52.8 Å². The third-order valence-electron chi connectivity index (χ3n) is 8.65. The molecule has 2 heterocycles. The highest BCUT2D eigenvalue weighted by molar-refractivity contribution is 5.93. The molecule has 1 amide bonds. The molecular weight excluding hydrogens is 420 g/mol. The molecule has 0 atom stereocenters. The fourth-order valence-electron chi connectivity index (χ4n) is 6.81. The van der Waals surface area contributed by atoms with Crippen LogP contribution in [0.3, 0.4) is 0 Å². The second-order valence-electron chi connectivity index (χ2n) is 10.4. The maximum absolute atomic E-state index is 13.9. The fourth-order valence-corrected chi connectivity index (χ4v) is 6.81. The first-order valence-electron chi connectivity index (χ1n) is 13.3. The summed E-state index contributed by atoms with van der Waals surface area (Å²) >= 11 is 0. The molecule has 34 heavy (non-hydrogen) atoms. The van der Waals surface area contributed by atoms with E-state index in [-0.39, 0.29) is 5.54 Å². The summed E-state index contributed by atoms with van der Waals surface area (Å²) in [6.45, 7) is 3.98. The average molecular weight is 461 g/mol. The smallest absolute Gasteiger partial charge is 0.250 e. The van der Waals surface area contributed by atoms with Crippen molar-refractivity contribution in [3.63, 3.8) is 0 Å². The summed E-state index contributed by atoms with van der Waals surface area (Å²) in [7, 11) is 0. The Morgan fingerprint density at radius 3 is 2.00 bits per heavy atom. The van der Waals surface area contributed by atoms with E-state index in [1.807, 2.05) is 4.90 Å². The molecule has 0 unspecified atom stereocenters. The molecule has 2 aromatic carbocycles. The van der Waals surface area contributed by atoms with Gasteiger partial charge in [0.05, 0.1) is 6.67 Å². The number of para-hydroxylation sites is 1. The molecule has 1 saturated carbocycles. The first-order chi connectivity index (χ1) is 16.7. The first-order valence-corrected chi connectivity index (χ1v) is 13.3. The zero-order chi connectivity index (χ0) is 23.4. The largest absolute Gasteiger partial charge is 0.339 e. The summed E-state index contributed by atoms with van der Waals surface area (Å²) in [6.07, 6.45) is 10.3. The van der Waals surface area contributed by atoms with E-state index in [1.54, 1.807) is 0 Å². The number of hydrogen-bond acceptors (Lipinski definition) is 4. The molecule has 2 saturated heterocycles. The van der Waals surface area contributed by atoms with Crippen LogP contribution in [-0.2, 0) is 10.3 Å². The Bertz CT molecular complexity index is 931. The van der Waals surface area contributed by atoms with Gasteiger partial charge in [-0.15, -0.1) is 0 Å². The van der Waals surface area contributed by atoms with E-state index in [2.05, 4.69) is 70.5 Å². The van der Waals surface area contributed by atoms with Crippen molar-refractivity contribution in [2.75, 3.05) is 37.7 Å². The van der Waals surface area contributed by atoms with Crippen LogP contribution in [-0.4, -0.2) is 54.1 Å². The number of nitrogens with two attached hydrogens (primary N) is 1. The van der Waals surface area contributed by atoms with Crippen molar-refractivity contribution in [1.29, 1.82) is 0 Å². The molecule has 3 fully saturated rings. The highest BCUT2D eigenvalue weighted by Crippen LogP contribution is 2.46. The predicted octanol–water partition coefficient (Wildman–Crippen LogP) is 4.73. The Morgan fingerprint density at radius 2 is 1.38 bits per heavy atom. The van der Waals surface area contributed by atoms with E-state index < -0.39 is 5.54 Å². The van der Waals surface area contributed by atoms with Crippen LogP contribution in [0, 0.1) is 0 Å². The second kappa shape index (κ2) is 10.1. The Kier molecular flexibility index (Phi) is 6.94. The lowest BCUT2D eigenvalue weighted by Crippen LogP contribution is -2.60. The number of piperidine rings is 1. The summed E-state index contributed by atoms with van der Waals surface area (Å²) in [5.74, 6) is 0.305. The van der Waals surface area contributed by atoms with Gasteiger partial charge in [0, 0.05) is 30.9 Å². The number of nitrogens with zero attached hydrogens (tertiary/aromatic N) is 3. The van der Waals surface area contributed by atoms with Gasteiger partial charge in [-0.25, -0.2) is 0 Å². The lowest BCUT2D eigenvalue weighted by Gasteiger charge is -2.51. The van der Waals surface area contributed by atoms with Crippen LogP contribution in [0.25, 0.3) is 0 Å². The Labute approximate surface area is 204 Å². The molecule has 2 N–H and O–H groups in total. The maximum Gasteiger partial charge on any atom is 0.250 e. The highest BCUT2D eigenvalue weighted by atomic mass is 16.2. The van der Waals surface area contributed by atoms with E-state index in [1.165, 1.54) is 44.1 Å². The van der Waals surface area contributed by atoms with Crippen molar-refractivity contribution < 1.29 is 4.79 Å². The molecule has 0 bridgehead atoms. The Balaban J connectivity index is 1.43. The molecule has 5 nitrogen and oxygen atoms in total. The van der Waals surface area contributed by atoms with Crippen LogP contribution in [0.15, 0.2) is 60.7 Å². The Hall–Kier alpha value is -2.37. The number of amides is 1. The number of likely N-dealkylation sites (tertiary alicyclic amines) is 1. The zero-order valence-electron chi connectivity index (χ0n) is 20.5. The number of carbonyl (C=O) groups is 1. The number of rotatable bonds is 6. The normalized spacial score (nSPS) is 22.8. The van der Waals surface area contributed by atoms with Crippen LogP contribution in [0.1, 0.15) is 63.4 Å². The first kappa shape index (κ1) is 23.4. The van der Waals surface area contributed by atoms with Crippen molar-refractivity contribution in [2.24, 2.45) is 5.73 Å². The van der Waals surface area contributed by atoms with E-state index in [0.717, 1.165) is 44.6 Å². The minimum Gasteiger partial charge on any atom is -0.339 e. The number of hydrogen-bond donors (Lipinski definition) is 1. The Morgan fingerprint density at radius 1 is 0.765 bits per heavy atom. The molecule has 2 aromatic rings. The molecule has 0 radical (unpaired) electrons. The van der Waals surface area contributed by atoms with E-state index in [0.29, 0.717) is 19.1 Å². The van der Waals surface area contributed by atoms with E-state index in [4.69, 9.17) is 5.73 Å². The van der Waals surface area contributed by atoms with Gasteiger partial charge in [-0.3, -0.25) is 9.69 Å². The van der Waals surface area contributed by atoms with Crippen molar-refractivity contribution >= 4 is 11.6 Å². The lowest BCUT2D eigenvalue weighted by molar-refractivity contribution is -0.134. The molecular formula is C29H40N4O. The van der Waals surface area contributed by atoms with Gasteiger partial charge in [0.2, 0.25) is 5.91 Å². The van der Waals surface area contributed by atoms with Crippen molar-refractivity contribution in [3.05, 3.63) is 66.2 Å². The molecule has 5 heteroatoms. The molecule has 3 aliphatic rings. The summed E-state index contributed by atoms with van der Waals surface area (Å²) < 4.78 is 0. The van der Waals surface area contributed by atoms with E-state index in [9.17, 15) is 4.79 Å². The fraction of sp³-hybridized carbons (Fsp3) is 0.552. The van der Waals surface area contributed by atoms with Crippen LogP contribution in [0.2, 0.25) is 0 Å². The summed E-state index contributed by atoms with van der Waals surface area (Å²) in [5, 5.41) is 0. The molecule has 182 valence electrons. The van der Waals surface area contributed by atoms with Crippen LogP contribution < -0.4 is 10.6 Å². The zero-order valence-corrected chi connectivity index (χ0v) is 20.5. The third kappa shape index (κ3) is 4.14. The van der Waals surface area contributed by atoms with Gasteiger partial charge in [-0.2, -0.15) is 0 Å². The van der Waals surface area contributed by atoms with Gasteiger partial charge in [0.25, 0.3) is 0 Å². The standard InChI is InChI=1S/C29H40N4O/c30-20-11-21-31-24-33(26-14-7-4-8-15-26)29(27(31)34)18-22-32(23-19-29)28(16-9-1-2-10-17-28)25-12-5-3-6-13-25/h3-8,12-15H,1-2,9-11,16-24,30H2. The minimum absolute atomic E-state index is 0.109. The molecule has 2 aliphatic heterocycles. The SMILES string of the molecule is NCCCN1CN(c2ccccc2)C2(CCN(C3(c4ccccc4)CCCCCC3)CC2)C1=O. The maximum atomic E-state index is 13.9. The van der Waals surface area contributed by atoms with Gasteiger partial charge in [0.1, 0.15) is 5.54 Å². The molecule has 0 aromatic heterocycles. The number of anilines is 1. The average Bonchev–Trinajstić information content (AvgIpc) is 3.04. The minimum atomic E-state index is -0.435. The lowest BCUT2D eigenvalue weighted by atomic mass is 9.77. The molecule has 5 rings (SSSR count). The van der Waals surface area contributed by atoms with Gasteiger partial charge >= 0.3 is 0 Å². The molecule has 1 spiro atoms. The van der Waals surface area contributed by atoms with Gasteiger partial charge in [0.15, 0.2) is 0 Å². The third-order valence-corrected chi connectivity index (χ3v) is 8.65. The number of benzene rings is 2. The van der Waals surface area contributed by atoms with Crippen LogP contribution >= 0.6 is 0 Å². The van der Waals surface area contributed by atoms with Crippen LogP contribution in [0.5, 0.6) is 0 Å². The van der Waals surface area contributed by atoms with Gasteiger partial charge < -0.3 is 15.5 Å². The predicted molar refractivity (Wildman–Crippen MR) is 139 cm³/mol. The highest BCUT2D eigenvalue weighted by Gasteiger charge is 2.55. The van der Waals surface area contributed by atoms with Crippen molar-refractivity contribution in [3.8, 4) is 0 Å². The van der Waals surface area contributed by atoms with Crippen LogP contribution in [0.4, 0.5) is 5.69 Å². The monoisotopic (exact) mass is 460 g/mol. The number of carbonyl (C=O) groups excluding carboxylic acids is 1. The second-order valence-corrected chi connectivity index (χ2v) is 10.4. The summed E-state index contributed by atoms with van der Waals surface area (Å²) in [4.78, 5) is 21.1.